The molecule has 2 aromatic rings. The molecule has 0 amide bonds. The second kappa shape index (κ2) is 8.72. The molecule has 0 radical (unpaired) electrons. The van der Waals surface area contributed by atoms with Crippen LogP contribution >= 0.6 is 0 Å². The fourth-order valence-electron chi connectivity index (χ4n) is 2.71. The molecule has 0 N–H and O–H groups in total. The number of nitrogens with zero attached hydrogens (tertiary/aromatic N) is 1. The molecule has 0 bridgehead atoms. The Morgan fingerprint density at radius 2 is 1.55 bits per heavy atom. The molecule has 22 heavy (non-hydrogen) atoms. The third kappa shape index (κ3) is 4.43. The van der Waals surface area contributed by atoms with Crippen LogP contribution in [0, 0.1) is 6.92 Å². The molecule has 0 aliphatic heterocycles. The minimum atomic E-state index is 0.0120. The maximum atomic E-state index is 6.29. The standard InChI is InChI=1S/C20H27NO/c1-4-21(5-2)15-16-22-20(18-12-7-6-8-13-18)19-14-10-9-11-17(19)3/h6-14,20H,4-5,15-16H2,1-3H3. The fourth-order valence-corrected chi connectivity index (χ4v) is 2.71. The molecule has 0 heterocycles. The van der Waals surface area contributed by atoms with Crippen molar-refractivity contribution in [1.29, 1.82) is 0 Å². The molecule has 0 aromatic heterocycles. The third-order valence-electron chi connectivity index (χ3n) is 4.16. The summed E-state index contributed by atoms with van der Waals surface area (Å²) in [6.45, 7) is 10.4. The maximum Gasteiger partial charge on any atom is 0.108 e. The van der Waals surface area contributed by atoms with Gasteiger partial charge in [-0.15, -0.1) is 0 Å². The second-order valence-corrected chi connectivity index (χ2v) is 5.54. The predicted molar refractivity (Wildman–Crippen MR) is 93.2 cm³/mol. The van der Waals surface area contributed by atoms with E-state index in [0.717, 1.165) is 26.2 Å². The first-order valence-electron chi connectivity index (χ1n) is 8.20. The van der Waals surface area contributed by atoms with E-state index >= 15 is 0 Å². The van der Waals surface area contributed by atoms with Crippen molar-refractivity contribution in [3.8, 4) is 0 Å². The Labute approximate surface area is 134 Å². The summed E-state index contributed by atoms with van der Waals surface area (Å²) in [7, 11) is 0. The van der Waals surface area contributed by atoms with Gasteiger partial charge in [0.25, 0.3) is 0 Å². The number of likely N-dealkylation sites (N-methyl/N-ethyl adjacent to an activating group) is 1. The molecule has 0 spiro atoms. The highest BCUT2D eigenvalue weighted by Crippen LogP contribution is 2.28. The average Bonchev–Trinajstić information content (AvgIpc) is 2.57. The van der Waals surface area contributed by atoms with Gasteiger partial charge in [0.1, 0.15) is 6.10 Å². The van der Waals surface area contributed by atoms with Crippen molar-refractivity contribution in [2.45, 2.75) is 26.9 Å². The summed E-state index contributed by atoms with van der Waals surface area (Å²) in [5.41, 5.74) is 3.75. The van der Waals surface area contributed by atoms with Gasteiger partial charge in [-0.1, -0.05) is 68.4 Å². The topological polar surface area (TPSA) is 12.5 Å². The Bertz CT molecular complexity index is 549. The van der Waals surface area contributed by atoms with Gasteiger partial charge in [0.2, 0.25) is 0 Å². The summed E-state index contributed by atoms with van der Waals surface area (Å²) >= 11 is 0. The lowest BCUT2D eigenvalue weighted by molar-refractivity contribution is 0.0615. The van der Waals surface area contributed by atoms with Gasteiger partial charge in [-0.2, -0.15) is 0 Å². The normalized spacial score (nSPS) is 12.5. The number of aryl methyl sites for hydroxylation is 1. The Kier molecular flexibility index (Phi) is 6.63. The zero-order chi connectivity index (χ0) is 15.8. The number of hydrogen-bond donors (Lipinski definition) is 0. The fraction of sp³-hybridized carbons (Fsp3) is 0.400. The number of benzene rings is 2. The van der Waals surface area contributed by atoms with Crippen LogP contribution in [0.4, 0.5) is 0 Å². The van der Waals surface area contributed by atoms with Gasteiger partial charge >= 0.3 is 0 Å². The molecule has 1 atom stereocenters. The van der Waals surface area contributed by atoms with Gasteiger partial charge in [0.15, 0.2) is 0 Å². The van der Waals surface area contributed by atoms with Crippen LogP contribution in [-0.4, -0.2) is 31.1 Å². The molecule has 2 rings (SSSR count). The van der Waals surface area contributed by atoms with E-state index in [2.05, 4.69) is 74.2 Å². The molecule has 0 aliphatic rings. The van der Waals surface area contributed by atoms with E-state index in [1.807, 2.05) is 6.07 Å². The minimum Gasteiger partial charge on any atom is -0.367 e. The van der Waals surface area contributed by atoms with Gasteiger partial charge in [-0.25, -0.2) is 0 Å². The molecule has 2 nitrogen and oxygen atoms in total. The maximum absolute atomic E-state index is 6.29. The molecule has 0 aliphatic carbocycles. The molecular weight excluding hydrogens is 270 g/mol. The van der Waals surface area contributed by atoms with E-state index in [0.29, 0.717) is 0 Å². The molecule has 2 aromatic carbocycles. The molecule has 1 unspecified atom stereocenters. The first kappa shape index (κ1) is 16.7. The van der Waals surface area contributed by atoms with E-state index in [1.54, 1.807) is 0 Å². The van der Waals surface area contributed by atoms with Gasteiger partial charge in [0.05, 0.1) is 6.61 Å². The Balaban J connectivity index is 2.15. The summed E-state index contributed by atoms with van der Waals surface area (Å²) < 4.78 is 6.29. The van der Waals surface area contributed by atoms with Crippen molar-refractivity contribution in [2.75, 3.05) is 26.2 Å². The lowest BCUT2D eigenvalue weighted by atomic mass is 9.97. The van der Waals surface area contributed by atoms with Gasteiger partial charge < -0.3 is 9.64 Å². The van der Waals surface area contributed by atoms with Crippen molar-refractivity contribution in [3.63, 3.8) is 0 Å². The van der Waals surface area contributed by atoms with Crippen LogP contribution in [0.1, 0.15) is 36.6 Å². The van der Waals surface area contributed by atoms with E-state index in [4.69, 9.17) is 4.74 Å². The first-order valence-corrected chi connectivity index (χ1v) is 8.20. The van der Waals surface area contributed by atoms with Crippen LogP contribution in [0.5, 0.6) is 0 Å². The van der Waals surface area contributed by atoms with Gasteiger partial charge in [-0.05, 0) is 36.7 Å². The van der Waals surface area contributed by atoms with E-state index in [9.17, 15) is 0 Å². The summed E-state index contributed by atoms with van der Waals surface area (Å²) in [5, 5.41) is 0. The summed E-state index contributed by atoms with van der Waals surface area (Å²) in [6, 6.07) is 19.0. The molecular formula is C20H27NO. The summed E-state index contributed by atoms with van der Waals surface area (Å²) in [5.74, 6) is 0. The number of rotatable bonds is 8. The van der Waals surface area contributed by atoms with Crippen LogP contribution in [-0.2, 0) is 4.74 Å². The quantitative estimate of drug-likeness (QED) is 0.714. The van der Waals surface area contributed by atoms with E-state index < -0.39 is 0 Å². The highest BCUT2D eigenvalue weighted by Gasteiger charge is 2.16. The molecule has 0 saturated heterocycles. The molecule has 0 saturated carbocycles. The predicted octanol–water partition coefficient (Wildman–Crippen LogP) is 4.44. The van der Waals surface area contributed by atoms with Crippen LogP contribution in [0.15, 0.2) is 54.6 Å². The summed E-state index contributed by atoms with van der Waals surface area (Å²) in [4.78, 5) is 2.39. The largest absolute Gasteiger partial charge is 0.367 e. The average molecular weight is 297 g/mol. The van der Waals surface area contributed by atoms with E-state index in [1.165, 1.54) is 16.7 Å². The lowest BCUT2D eigenvalue weighted by Crippen LogP contribution is -2.27. The van der Waals surface area contributed by atoms with Crippen LogP contribution in [0.3, 0.4) is 0 Å². The SMILES string of the molecule is CCN(CC)CCOC(c1ccccc1)c1ccccc1C. The first-order chi connectivity index (χ1) is 10.8. The smallest absolute Gasteiger partial charge is 0.108 e. The number of ether oxygens (including phenoxy) is 1. The van der Waals surface area contributed by atoms with Gasteiger partial charge in [0, 0.05) is 6.54 Å². The van der Waals surface area contributed by atoms with Crippen molar-refractivity contribution >= 4 is 0 Å². The monoisotopic (exact) mass is 297 g/mol. The van der Waals surface area contributed by atoms with E-state index in [-0.39, 0.29) is 6.10 Å². The van der Waals surface area contributed by atoms with Crippen molar-refractivity contribution in [2.24, 2.45) is 0 Å². The molecule has 2 heteroatoms. The van der Waals surface area contributed by atoms with Crippen molar-refractivity contribution in [3.05, 3.63) is 71.3 Å². The second-order valence-electron chi connectivity index (χ2n) is 5.54. The Morgan fingerprint density at radius 1 is 0.909 bits per heavy atom. The number of hydrogen-bond acceptors (Lipinski definition) is 2. The zero-order valence-corrected chi connectivity index (χ0v) is 14.0. The van der Waals surface area contributed by atoms with Crippen LogP contribution < -0.4 is 0 Å². The molecule has 118 valence electrons. The lowest BCUT2D eigenvalue weighted by Gasteiger charge is -2.23. The van der Waals surface area contributed by atoms with Crippen molar-refractivity contribution in [1.82, 2.24) is 4.90 Å². The van der Waals surface area contributed by atoms with Crippen molar-refractivity contribution < 1.29 is 4.74 Å². The Morgan fingerprint density at radius 3 is 2.18 bits per heavy atom. The Hall–Kier alpha value is -1.64. The highest BCUT2D eigenvalue weighted by molar-refractivity contribution is 5.35. The zero-order valence-electron chi connectivity index (χ0n) is 14.0. The van der Waals surface area contributed by atoms with Gasteiger partial charge in [-0.3, -0.25) is 0 Å². The highest BCUT2D eigenvalue weighted by atomic mass is 16.5. The minimum absolute atomic E-state index is 0.0120. The third-order valence-corrected chi connectivity index (χ3v) is 4.16. The molecule has 0 fully saturated rings. The van der Waals surface area contributed by atoms with Crippen LogP contribution in [0.25, 0.3) is 0 Å². The van der Waals surface area contributed by atoms with Crippen LogP contribution in [0.2, 0.25) is 0 Å². The summed E-state index contributed by atoms with van der Waals surface area (Å²) in [6.07, 6.45) is 0.0120.